The molecule has 0 atom stereocenters. The van der Waals surface area contributed by atoms with Crippen molar-refractivity contribution in [1.29, 1.82) is 0 Å². The Kier molecular flexibility index (Phi) is 4.58. The lowest BCUT2D eigenvalue weighted by Crippen LogP contribution is -2.17. The van der Waals surface area contributed by atoms with Crippen molar-refractivity contribution in [3.05, 3.63) is 51.5 Å². The molecule has 0 unspecified atom stereocenters. The first-order valence-electron chi connectivity index (χ1n) is 5.60. The lowest BCUT2D eigenvalue weighted by molar-refractivity contribution is -0.274. The Morgan fingerprint density at radius 1 is 1.14 bits per heavy atom. The maximum absolute atomic E-state index is 12.3. The molecule has 0 aromatic heterocycles. The molecule has 21 heavy (non-hydrogen) atoms. The van der Waals surface area contributed by atoms with E-state index in [-0.39, 0.29) is 11.3 Å². The molecule has 2 aromatic carbocycles. The van der Waals surface area contributed by atoms with E-state index in [0.717, 1.165) is 0 Å². The molecule has 0 heterocycles. The second-order valence-corrected chi connectivity index (χ2v) is 5.42. The highest BCUT2D eigenvalue weighted by Gasteiger charge is 2.31. The molecule has 0 amide bonds. The Labute approximate surface area is 131 Å². The van der Waals surface area contributed by atoms with Crippen molar-refractivity contribution in [3.8, 4) is 16.9 Å². The summed E-state index contributed by atoms with van der Waals surface area (Å²) in [5.74, 6) is -0.376. The van der Waals surface area contributed by atoms with Crippen LogP contribution in [0.4, 0.5) is 13.2 Å². The number of hydrogen-bond donors (Lipinski definition) is 0. The number of halogens is 5. The van der Waals surface area contributed by atoms with Crippen molar-refractivity contribution >= 4 is 33.8 Å². The highest BCUT2D eigenvalue weighted by molar-refractivity contribution is 9.10. The Bertz CT molecular complexity index is 686. The zero-order valence-corrected chi connectivity index (χ0v) is 12.6. The van der Waals surface area contributed by atoms with Crippen LogP contribution in [0.2, 0.25) is 5.02 Å². The summed E-state index contributed by atoms with van der Waals surface area (Å²) in [7, 11) is 0. The van der Waals surface area contributed by atoms with Crippen molar-refractivity contribution in [2.45, 2.75) is 6.36 Å². The van der Waals surface area contributed by atoms with Crippen molar-refractivity contribution < 1.29 is 22.7 Å². The van der Waals surface area contributed by atoms with Gasteiger partial charge in [-0.05, 0) is 41.5 Å². The predicted octanol–water partition coefficient (Wildman–Crippen LogP) is 5.48. The number of rotatable bonds is 3. The maximum Gasteiger partial charge on any atom is 0.573 e. The quantitative estimate of drug-likeness (QED) is 0.660. The lowest BCUT2D eigenvalue weighted by Gasteiger charge is -2.12. The van der Waals surface area contributed by atoms with Crippen molar-refractivity contribution in [2.24, 2.45) is 0 Å². The fourth-order valence-electron chi connectivity index (χ4n) is 1.80. The van der Waals surface area contributed by atoms with Crippen LogP contribution in [0.1, 0.15) is 10.4 Å². The Morgan fingerprint density at radius 2 is 1.86 bits per heavy atom. The molecule has 0 aliphatic heterocycles. The molecule has 2 nitrogen and oxygen atoms in total. The predicted molar refractivity (Wildman–Crippen MR) is 76.7 cm³/mol. The SMILES string of the molecule is O=Cc1cc(Cl)ccc1-c1cc(Br)cc(OC(F)(F)F)c1. The topological polar surface area (TPSA) is 26.3 Å². The first-order valence-corrected chi connectivity index (χ1v) is 6.77. The van der Waals surface area contributed by atoms with Gasteiger partial charge in [-0.2, -0.15) is 0 Å². The van der Waals surface area contributed by atoms with E-state index in [1.807, 2.05) is 0 Å². The van der Waals surface area contributed by atoms with Gasteiger partial charge in [0.25, 0.3) is 0 Å². The van der Waals surface area contributed by atoms with E-state index < -0.39 is 6.36 Å². The van der Waals surface area contributed by atoms with Crippen LogP contribution in [0, 0.1) is 0 Å². The van der Waals surface area contributed by atoms with Crippen LogP contribution in [0.15, 0.2) is 40.9 Å². The summed E-state index contributed by atoms with van der Waals surface area (Å²) >= 11 is 8.91. The average Bonchev–Trinajstić information content (AvgIpc) is 2.35. The van der Waals surface area contributed by atoms with Gasteiger partial charge in [0.05, 0.1) is 0 Å². The van der Waals surface area contributed by atoms with Crippen LogP contribution < -0.4 is 4.74 Å². The highest BCUT2D eigenvalue weighted by atomic mass is 79.9. The van der Waals surface area contributed by atoms with E-state index in [4.69, 9.17) is 11.6 Å². The molecule has 110 valence electrons. The van der Waals surface area contributed by atoms with E-state index in [9.17, 15) is 18.0 Å². The summed E-state index contributed by atoms with van der Waals surface area (Å²) in [4.78, 5) is 11.1. The largest absolute Gasteiger partial charge is 0.573 e. The number of aldehydes is 1. The van der Waals surface area contributed by atoms with Gasteiger partial charge in [0.2, 0.25) is 0 Å². The zero-order valence-electron chi connectivity index (χ0n) is 10.2. The molecule has 2 rings (SSSR count). The van der Waals surface area contributed by atoms with Crippen LogP contribution in [-0.2, 0) is 0 Å². The van der Waals surface area contributed by atoms with Gasteiger partial charge in [-0.25, -0.2) is 0 Å². The number of ether oxygens (including phenoxy) is 1. The van der Waals surface area contributed by atoms with Gasteiger partial charge in [-0.3, -0.25) is 4.79 Å². The number of hydrogen-bond acceptors (Lipinski definition) is 2. The van der Waals surface area contributed by atoms with Crippen LogP contribution in [-0.4, -0.2) is 12.6 Å². The van der Waals surface area contributed by atoms with Gasteiger partial charge in [0.15, 0.2) is 6.29 Å². The molecule has 0 N–H and O–H groups in total. The fraction of sp³-hybridized carbons (Fsp3) is 0.0714. The lowest BCUT2D eigenvalue weighted by atomic mass is 10.0. The number of benzene rings is 2. The Hall–Kier alpha value is -1.53. The van der Waals surface area contributed by atoms with Gasteiger partial charge in [0, 0.05) is 15.1 Å². The van der Waals surface area contributed by atoms with Crippen molar-refractivity contribution in [3.63, 3.8) is 0 Å². The third kappa shape index (κ3) is 4.22. The molecule has 0 bridgehead atoms. The molecule has 0 aliphatic rings. The monoisotopic (exact) mass is 378 g/mol. The normalized spacial score (nSPS) is 11.3. The minimum Gasteiger partial charge on any atom is -0.406 e. The molecular weight excluding hydrogens is 373 g/mol. The first kappa shape index (κ1) is 15.9. The second kappa shape index (κ2) is 6.07. The summed E-state index contributed by atoms with van der Waals surface area (Å²) in [5.41, 5.74) is 1.14. The van der Waals surface area contributed by atoms with Crippen LogP contribution in [0.3, 0.4) is 0 Å². The summed E-state index contributed by atoms with van der Waals surface area (Å²) in [6, 6.07) is 8.52. The first-order chi connectivity index (χ1) is 9.78. The standard InChI is InChI=1S/C14H7BrClF3O2/c15-10-3-8(5-12(6-10)21-14(17,18)19)13-2-1-11(16)4-9(13)7-20/h1-7H. The third-order valence-electron chi connectivity index (χ3n) is 2.56. The van der Waals surface area contributed by atoms with Crippen molar-refractivity contribution in [1.82, 2.24) is 0 Å². The van der Waals surface area contributed by atoms with Crippen LogP contribution in [0.25, 0.3) is 11.1 Å². The van der Waals surface area contributed by atoms with Gasteiger partial charge < -0.3 is 4.74 Å². The van der Waals surface area contributed by atoms with Gasteiger partial charge in [-0.15, -0.1) is 13.2 Å². The Morgan fingerprint density at radius 3 is 2.48 bits per heavy atom. The van der Waals surface area contributed by atoms with E-state index >= 15 is 0 Å². The van der Waals surface area contributed by atoms with E-state index in [1.165, 1.54) is 18.2 Å². The van der Waals surface area contributed by atoms with E-state index in [1.54, 1.807) is 18.2 Å². The molecule has 0 aliphatic carbocycles. The van der Waals surface area contributed by atoms with Crippen molar-refractivity contribution in [2.75, 3.05) is 0 Å². The minimum atomic E-state index is -4.79. The maximum atomic E-state index is 12.3. The van der Waals surface area contributed by atoms with E-state index in [2.05, 4.69) is 20.7 Å². The van der Waals surface area contributed by atoms with E-state index in [0.29, 0.717) is 26.9 Å². The van der Waals surface area contributed by atoms with Crippen LogP contribution >= 0.6 is 27.5 Å². The summed E-state index contributed by atoms with van der Waals surface area (Å²) in [6.45, 7) is 0. The highest BCUT2D eigenvalue weighted by Crippen LogP contribution is 2.33. The zero-order chi connectivity index (χ0) is 15.6. The molecule has 2 aromatic rings. The number of carbonyl (C=O) groups excluding carboxylic acids is 1. The van der Waals surface area contributed by atoms with Crippen LogP contribution in [0.5, 0.6) is 5.75 Å². The number of carbonyl (C=O) groups is 1. The average molecular weight is 380 g/mol. The molecule has 0 spiro atoms. The molecule has 0 saturated heterocycles. The van der Waals surface area contributed by atoms with Gasteiger partial charge in [-0.1, -0.05) is 33.6 Å². The Balaban J connectivity index is 2.52. The minimum absolute atomic E-state index is 0.276. The molecule has 0 fully saturated rings. The summed E-state index contributed by atoms with van der Waals surface area (Å²) < 4.78 is 41.2. The smallest absolute Gasteiger partial charge is 0.406 e. The molecular formula is C14H7BrClF3O2. The molecule has 7 heteroatoms. The second-order valence-electron chi connectivity index (χ2n) is 4.07. The summed E-state index contributed by atoms with van der Waals surface area (Å²) in [6.07, 6.45) is -4.20. The molecule has 0 radical (unpaired) electrons. The van der Waals surface area contributed by atoms with Gasteiger partial charge in [0.1, 0.15) is 5.75 Å². The summed E-state index contributed by atoms with van der Waals surface area (Å²) in [5, 5.41) is 0.364. The number of alkyl halides is 3. The third-order valence-corrected chi connectivity index (χ3v) is 3.25. The fourth-order valence-corrected chi connectivity index (χ4v) is 2.46. The molecule has 0 saturated carbocycles. The van der Waals surface area contributed by atoms with Gasteiger partial charge >= 0.3 is 6.36 Å².